The summed E-state index contributed by atoms with van der Waals surface area (Å²) in [6.07, 6.45) is -6.70. The summed E-state index contributed by atoms with van der Waals surface area (Å²) in [5.41, 5.74) is -10.6. The van der Waals surface area contributed by atoms with E-state index >= 15 is 0 Å². The third kappa shape index (κ3) is 3.27. The fourth-order valence-electron chi connectivity index (χ4n) is 2.77. The summed E-state index contributed by atoms with van der Waals surface area (Å²) in [5, 5.41) is 9.53. The van der Waals surface area contributed by atoms with Crippen molar-refractivity contribution in [2.45, 2.75) is 41.5 Å². The average molecular weight is 564 g/mol. The number of allylic oxidation sites excluding steroid dienone is 1. The molecule has 18 heteroatoms. The number of hydrogen-bond acceptors (Lipinski definition) is 2. The van der Waals surface area contributed by atoms with Crippen LogP contribution in [-0.4, -0.2) is 41.1 Å². The molecule has 2 rings (SSSR count). The number of hydrogen-bond donors (Lipinski definition) is 0. The highest BCUT2D eigenvalue weighted by Gasteiger charge is 3.02. The highest BCUT2D eigenvalue weighted by molar-refractivity contribution is 6.42. The molecule has 1 saturated carbocycles. The Morgan fingerprint density at radius 3 is 1.53 bits per heavy atom. The lowest BCUT2D eigenvalue weighted by molar-refractivity contribution is -0.475. The fraction of sp³-hybridized carbons (Fsp3) is 0.438. The summed E-state index contributed by atoms with van der Waals surface area (Å²) >= 11 is 10.5. The van der Waals surface area contributed by atoms with Crippen molar-refractivity contribution in [3.8, 4) is 0 Å². The predicted octanol–water partition coefficient (Wildman–Crippen LogP) is 6.18. The van der Waals surface area contributed by atoms with Crippen molar-refractivity contribution in [1.82, 2.24) is 0 Å². The number of carbonyl (C=O) groups is 1. The monoisotopic (exact) mass is 563 g/mol. The van der Waals surface area contributed by atoms with Crippen LogP contribution >= 0.6 is 23.2 Å². The molecule has 0 aliphatic heterocycles. The van der Waals surface area contributed by atoms with E-state index in [4.69, 9.17) is 23.2 Å². The van der Waals surface area contributed by atoms with Crippen LogP contribution in [-0.2, 0) is 11.0 Å². The molecule has 1 fully saturated rings. The van der Waals surface area contributed by atoms with Gasteiger partial charge in [-0.3, -0.25) is 4.79 Å². The molecular weight excluding hydrogens is 561 g/mol. The van der Waals surface area contributed by atoms with Gasteiger partial charge in [-0.15, -0.1) is 0 Å². The summed E-state index contributed by atoms with van der Waals surface area (Å²) < 4.78 is 189. The third-order valence-corrected chi connectivity index (χ3v) is 5.46. The van der Waals surface area contributed by atoms with E-state index in [1.54, 1.807) is 0 Å². The lowest BCUT2D eigenvalue weighted by atomic mass is 9.70. The van der Waals surface area contributed by atoms with Gasteiger partial charge in [-0.25, -0.2) is 4.39 Å². The van der Waals surface area contributed by atoms with Crippen LogP contribution in [0.25, 0.3) is 5.76 Å². The minimum Gasteiger partial charge on any atom is -0.872 e. The molecule has 0 unspecified atom stereocenters. The summed E-state index contributed by atoms with van der Waals surface area (Å²) in [6.45, 7) is 0. The first kappa shape index (κ1) is 28.3. The molecule has 0 saturated heterocycles. The number of rotatable bonds is 3. The SMILES string of the molecule is O=C(/C=C(\[O-])c1cc(Cl)c(Cl)c(C(F)(F)F)c1)C1(F)C(F)(F)C(F)(F)C(F)(F)C(F)(F)C1(F)F. The molecular formula is C16H3Cl2F14O2-. The van der Waals surface area contributed by atoms with Crippen molar-refractivity contribution >= 4 is 34.7 Å². The quantitative estimate of drug-likeness (QED) is 0.250. The number of halogens is 16. The first-order chi connectivity index (χ1) is 14.8. The molecule has 192 valence electrons. The molecule has 0 bridgehead atoms. The molecule has 34 heavy (non-hydrogen) atoms. The van der Waals surface area contributed by atoms with Gasteiger partial charge in [-0.1, -0.05) is 29.0 Å². The Morgan fingerprint density at radius 1 is 0.765 bits per heavy atom. The van der Waals surface area contributed by atoms with Crippen LogP contribution in [0, 0.1) is 0 Å². The Kier molecular flexibility index (Phi) is 6.25. The van der Waals surface area contributed by atoms with Crippen LogP contribution in [0.2, 0.25) is 10.0 Å². The number of carbonyl (C=O) groups excluding carboxylic acids is 1. The van der Waals surface area contributed by atoms with Gasteiger partial charge in [0.15, 0.2) is 0 Å². The Hall–Kier alpha value is -1.97. The maximum absolute atomic E-state index is 14.6. The van der Waals surface area contributed by atoms with Gasteiger partial charge in [0.25, 0.3) is 0 Å². The third-order valence-electron chi connectivity index (χ3n) is 4.66. The van der Waals surface area contributed by atoms with E-state index in [0.717, 1.165) is 0 Å². The van der Waals surface area contributed by atoms with Gasteiger partial charge in [0.05, 0.1) is 15.6 Å². The van der Waals surface area contributed by atoms with Crippen molar-refractivity contribution < 1.29 is 71.4 Å². The van der Waals surface area contributed by atoms with Crippen LogP contribution in [0.3, 0.4) is 0 Å². The highest BCUT2D eigenvalue weighted by atomic mass is 35.5. The van der Waals surface area contributed by atoms with Gasteiger partial charge in [0.2, 0.25) is 5.78 Å². The lowest BCUT2D eigenvalue weighted by Gasteiger charge is -2.51. The van der Waals surface area contributed by atoms with Crippen LogP contribution in [0.5, 0.6) is 0 Å². The fourth-order valence-corrected chi connectivity index (χ4v) is 3.21. The van der Waals surface area contributed by atoms with E-state index in [1.807, 2.05) is 0 Å². The molecule has 0 aromatic heterocycles. The molecule has 1 aliphatic carbocycles. The van der Waals surface area contributed by atoms with E-state index in [2.05, 4.69) is 0 Å². The molecule has 0 spiro atoms. The number of alkyl halides is 14. The minimum absolute atomic E-state index is 0.157. The molecule has 1 aliphatic rings. The second-order valence-corrected chi connectivity index (χ2v) is 7.51. The van der Waals surface area contributed by atoms with Gasteiger partial charge in [0.1, 0.15) is 0 Å². The van der Waals surface area contributed by atoms with Crippen LogP contribution in [0.1, 0.15) is 11.1 Å². The zero-order valence-corrected chi connectivity index (χ0v) is 16.6. The molecule has 0 radical (unpaired) electrons. The smallest absolute Gasteiger partial charge is 0.417 e. The molecule has 0 amide bonds. The highest BCUT2D eigenvalue weighted by Crippen LogP contribution is 2.69. The zero-order valence-electron chi connectivity index (χ0n) is 15.1. The van der Waals surface area contributed by atoms with E-state index < -0.39 is 80.2 Å². The maximum atomic E-state index is 14.6. The Bertz CT molecular complexity index is 1030. The molecule has 0 N–H and O–H groups in total. The number of benzene rings is 1. The van der Waals surface area contributed by atoms with Crippen molar-refractivity contribution in [1.29, 1.82) is 0 Å². The first-order valence-corrected chi connectivity index (χ1v) is 8.67. The minimum atomic E-state index is -7.61. The Balaban J connectivity index is 2.77. The van der Waals surface area contributed by atoms with Gasteiger partial charge < -0.3 is 5.11 Å². The van der Waals surface area contributed by atoms with Gasteiger partial charge in [-0.05, 0) is 23.8 Å². The zero-order chi connectivity index (χ0) is 27.1. The summed E-state index contributed by atoms with van der Waals surface area (Å²) in [6, 6.07) is -0.107. The van der Waals surface area contributed by atoms with E-state index in [9.17, 15) is 71.4 Å². The van der Waals surface area contributed by atoms with E-state index in [1.165, 1.54) is 0 Å². The number of ketones is 1. The van der Waals surface area contributed by atoms with Crippen LogP contribution in [0.15, 0.2) is 18.2 Å². The van der Waals surface area contributed by atoms with Crippen molar-refractivity contribution in [3.63, 3.8) is 0 Å². The second-order valence-electron chi connectivity index (χ2n) is 6.72. The molecule has 0 heterocycles. The van der Waals surface area contributed by atoms with Crippen LogP contribution in [0.4, 0.5) is 61.5 Å². The van der Waals surface area contributed by atoms with Gasteiger partial charge in [-0.2, -0.15) is 57.1 Å². The van der Waals surface area contributed by atoms with Crippen molar-refractivity contribution in [2.75, 3.05) is 0 Å². The maximum Gasteiger partial charge on any atom is 0.417 e. The predicted molar refractivity (Wildman–Crippen MR) is 83.0 cm³/mol. The lowest BCUT2D eigenvalue weighted by Crippen LogP contribution is -2.85. The molecule has 1 aromatic rings. The standard InChI is InChI=1S/C16H4Cl2F14O2/c17-6-2-4(1-5(9(6)18)11(20,21)22)7(33)3-8(34)10(19)12(23,24)14(27,28)16(31,32)15(29,30)13(10,25)26/h1-3,33H/p-1/b7-3-. The van der Waals surface area contributed by atoms with Crippen molar-refractivity contribution in [2.24, 2.45) is 0 Å². The summed E-state index contributed by atoms with van der Waals surface area (Å²) in [7, 11) is 0. The Labute approximate surface area is 187 Å². The summed E-state index contributed by atoms with van der Waals surface area (Å²) in [4.78, 5) is 11.8. The Morgan fingerprint density at radius 2 is 1.15 bits per heavy atom. The second kappa shape index (κ2) is 7.51. The summed E-state index contributed by atoms with van der Waals surface area (Å²) in [5.74, 6) is -44.2. The van der Waals surface area contributed by atoms with Gasteiger partial charge in [0, 0.05) is 0 Å². The van der Waals surface area contributed by atoms with E-state index in [-0.39, 0.29) is 12.1 Å². The normalized spacial score (nSPS) is 24.5. The van der Waals surface area contributed by atoms with E-state index in [0.29, 0.717) is 0 Å². The largest absolute Gasteiger partial charge is 0.872 e. The molecule has 0 atom stereocenters. The first-order valence-electron chi connectivity index (χ1n) is 7.91. The molecule has 2 nitrogen and oxygen atoms in total. The molecule has 1 aromatic carbocycles. The van der Waals surface area contributed by atoms with Crippen molar-refractivity contribution in [3.05, 3.63) is 39.4 Å². The van der Waals surface area contributed by atoms with Gasteiger partial charge >= 0.3 is 41.5 Å². The average Bonchev–Trinajstić information content (AvgIpc) is 2.66. The topological polar surface area (TPSA) is 40.1 Å². The van der Waals surface area contributed by atoms with Crippen LogP contribution < -0.4 is 5.11 Å².